The Hall–Kier alpha value is -1.94. The second kappa shape index (κ2) is 68.2. The fourth-order valence-corrected chi connectivity index (χ4v) is 13.6. The zero-order valence-corrected chi connectivity index (χ0v) is 66.2. The zero-order valence-electron chi connectivity index (χ0n) is 64.4. The highest BCUT2D eigenvalue weighted by Crippen LogP contribution is 2.45. The van der Waals surface area contributed by atoms with Gasteiger partial charge in [0, 0.05) is 25.7 Å². The lowest BCUT2D eigenvalue weighted by Gasteiger charge is -2.21. The monoisotopic (exact) mass is 1440 g/mol. The van der Waals surface area contributed by atoms with E-state index in [-0.39, 0.29) is 25.7 Å². The molecule has 0 bridgehead atoms. The van der Waals surface area contributed by atoms with Crippen LogP contribution >= 0.6 is 15.6 Å². The second-order valence-electron chi connectivity index (χ2n) is 30.1. The molecule has 0 aliphatic heterocycles. The Bertz CT molecular complexity index is 1920. The number of aliphatic hydroxyl groups is 1. The second-order valence-corrected chi connectivity index (χ2v) is 33.0. The summed E-state index contributed by atoms with van der Waals surface area (Å²) >= 11 is 0. The molecular formula is C79H154O17P2. The number of aliphatic hydroxyl groups excluding tert-OH is 1. The predicted octanol–water partition coefficient (Wildman–Crippen LogP) is 23.2. The number of phosphoric acid groups is 2. The Kier molecular flexibility index (Phi) is 66.8. The Balaban J connectivity index is 5.24. The number of hydrogen-bond acceptors (Lipinski definition) is 15. The van der Waals surface area contributed by atoms with Crippen LogP contribution in [0.2, 0.25) is 0 Å². The van der Waals surface area contributed by atoms with E-state index in [0.29, 0.717) is 31.6 Å². The molecule has 0 rings (SSSR count). The van der Waals surface area contributed by atoms with Gasteiger partial charge in [-0.3, -0.25) is 37.3 Å². The maximum Gasteiger partial charge on any atom is 0.472 e. The van der Waals surface area contributed by atoms with E-state index < -0.39 is 97.5 Å². The first kappa shape index (κ1) is 96.1. The van der Waals surface area contributed by atoms with Crippen molar-refractivity contribution < 1.29 is 80.2 Å². The van der Waals surface area contributed by atoms with Gasteiger partial charge in [0.15, 0.2) is 12.2 Å². The smallest absolute Gasteiger partial charge is 0.462 e. The van der Waals surface area contributed by atoms with E-state index in [2.05, 4.69) is 55.4 Å². The number of hydrogen-bond donors (Lipinski definition) is 3. The summed E-state index contributed by atoms with van der Waals surface area (Å²) in [6.45, 7) is 14.2. The number of ether oxygens (including phenoxy) is 4. The van der Waals surface area contributed by atoms with E-state index in [9.17, 15) is 43.2 Å². The van der Waals surface area contributed by atoms with Gasteiger partial charge in [0.25, 0.3) is 0 Å². The van der Waals surface area contributed by atoms with Crippen molar-refractivity contribution in [2.75, 3.05) is 39.6 Å². The van der Waals surface area contributed by atoms with Crippen molar-refractivity contribution in [2.45, 2.75) is 420 Å². The molecule has 0 saturated heterocycles. The summed E-state index contributed by atoms with van der Waals surface area (Å²) in [5, 5.41) is 10.6. The van der Waals surface area contributed by atoms with Crippen molar-refractivity contribution in [3.63, 3.8) is 0 Å². The average molecular weight is 1440 g/mol. The van der Waals surface area contributed by atoms with Crippen LogP contribution in [-0.2, 0) is 65.4 Å². The number of carbonyl (C=O) groups excluding carboxylic acids is 4. The third kappa shape index (κ3) is 71.1. The van der Waals surface area contributed by atoms with Crippen LogP contribution < -0.4 is 0 Å². The summed E-state index contributed by atoms with van der Waals surface area (Å²) in [6, 6.07) is 0. The van der Waals surface area contributed by atoms with Crippen molar-refractivity contribution in [1.82, 2.24) is 0 Å². The van der Waals surface area contributed by atoms with Gasteiger partial charge >= 0.3 is 39.5 Å². The standard InChI is InChI=1S/C79H154O17P2/c1-9-72(8)58-50-42-34-26-22-23-27-35-43-51-59-76(81)89-65-74(95-79(84)62-54-46-37-29-21-17-16-19-25-32-40-48-56-70(4)5)67-93-97(85,86)91-63-73(80)64-92-98(87,88)94-68-75(66-90-77(82)60-52-44-38-30-33-41-49-57-71(6)7)96-78(83)61-53-45-36-28-20-15-13-11-10-12-14-18-24-31-39-47-55-69(2)3/h69-75,80H,9-68H2,1-8H3,(H,85,86)(H,87,88)/t72?,73?,74-,75-/m1/s1. The minimum absolute atomic E-state index is 0.106. The quantitative estimate of drug-likeness (QED) is 0.0222. The Morgan fingerprint density at radius 1 is 0.286 bits per heavy atom. The first-order valence-electron chi connectivity index (χ1n) is 40.7. The van der Waals surface area contributed by atoms with E-state index in [1.54, 1.807) is 0 Å². The molecule has 6 atom stereocenters. The molecule has 0 radical (unpaired) electrons. The predicted molar refractivity (Wildman–Crippen MR) is 400 cm³/mol. The van der Waals surface area contributed by atoms with Gasteiger partial charge in [0.2, 0.25) is 0 Å². The topological polar surface area (TPSA) is 237 Å². The van der Waals surface area contributed by atoms with Crippen molar-refractivity contribution in [2.24, 2.45) is 23.7 Å². The molecule has 0 saturated carbocycles. The molecule has 0 aromatic heterocycles. The molecule has 0 aliphatic carbocycles. The first-order valence-corrected chi connectivity index (χ1v) is 43.7. The number of rotatable bonds is 76. The number of carbonyl (C=O) groups is 4. The zero-order chi connectivity index (χ0) is 72.4. The molecule has 98 heavy (non-hydrogen) atoms. The van der Waals surface area contributed by atoms with Crippen LogP contribution in [-0.4, -0.2) is 96.7 Å². The van der Waals surface area contributed by atoms with E-state index >= 15 is 0 Å². The first-order chi connectivity index (χ1) is 47.1. The van der Waals surface area contributed by atoms with E-state index in [4.69, 9.17) is 37.0 Å². The van der Waals surface area contributed by atoms with Crippen LogP contribution in [0.1, 0.15) is 402 Å². The van der Waals surface area contributed by atoms with Gasteiger partial charge in [-0.1, -0.05) is 351 Å². The Labute approximate surface area is 600 Å². The van der Waals surface area contributed by atoms with Crippen LogP contribution in [0.4, 0.5) is 0 Å². The largest absolute Gasteiger partial charge is 0.472 e. The molecule has 0 aromatic rings. The van der Waals surface area contributed by atoms with Crippen molar-refractivity contribution in [3.05, 3.63) is 0 Å². The van der Waals surface area contributed by atoms with E-state index in [0.717, 1.165) is 114 Å². The fraction of sp³-hybridized carbons (Fsp3) is 0.949. The van der Waals surface area contributed by atoms with Crippen LogP contribution in [0.5, 0.6) is 0 Å². The van der Waals surface area contributed by atoms with Crippen LogP contribution in [0, 0.1) is 23.7 Å². The highest BCUT2D eigenvalue weighted by Gasteiger charge is 2.30. The lowest BCUT2D eigenvalue weighted by atomic mass is 9.99. The third-order valence-electron chi connectivity index (χ3n) is 18.7. The normalized spacial score (nSPS) is 14.3. The minimum Gasteiger partial charge on any atom is -0.462 e. The lowest BCUT2D eigenvalue weighted by molar-refractivity contribution is -0.161. The molecule has 3 N–H and O–H groups in total. The lowest BCUT2D eigenvalue weighted by Crippen LogP contribution is -2.30. The van der Waals surface area contributed by atoms with Gasteiger partial charge in [-0.15, -0.1) is 0 Å². The number of unbranched alkanes of at least 4 members (excludes halogenated alkanes) is 41. The molecule has 0 spiro atoms. The van der Waals surface area contributed by atoms with E-state index in [1.807, 2.05) is 0 Å². The summed E-state index contributed by atoms with van der Waals surface area (Å²) < 4.78 is 68.6. The highest BCUT2D eigenvalue weighted by atomic mass is 31.2. The Morgan fingerprint density at radius 2 is 0.490 bits per heavy atom. The average Bonchev–Trinajstić information content (AvgIpc) is 0.997. The molecule has 19 heteroatoms. The molecule has 4 unspecified atom stereocenters. The summed E-state index contributed by atoms with van der Waals surface area (Å²) in [5.41, 5.74) is 0. The highest BCUT2D eigenvalue weighted by molar-refractivity contribution is 7.47. The van der Waals surface area contributed by atoms with Gasteiger partial charge in [-0.05, 0) is 49.4 Å². The third-order valence-corrected chi connectivity index (χ3v) is 20.6. The Morgan fingerprint density at radius 3 is 0.724 bits per heavy atom. The van der Waals surface area contributed by atoms with Crippen LogP contribution in [0.15, 0.2) is 0 Å². The van der Waals surface area contributed by atoms with Gasteiger partial charge in [-0.2, -0.15) is 0 Å². The molecule has 0 heterocycles. The molecule has 0 amide bonds. The number of esters is 4. The van der Waals surface area contributed by atoms with Gasteiger partial charge < -0.3 is 33.8 Å². The van der Waals surface area contributed by atoms with Crippen LogP contribution in [0.3, 0.4) is 0 Å². The van der Waals surface area contributed by atoms with Crippen molar-refractivity contribution in [3.8, 4) is 0 Å². The number of phosphoric ester groups is 2. The summed E-state index contributed by atoms with van der Waals surface area (Å²) in [5.74, 6) is 0.983. The van der Waals surface area contributed by atoms with Crippen LogP contribution in [0.25, 0.3) is 0 Å². The molecule has 17 nitrogen and oxygen atoms in total. The maximum absolute atomic E-state index is 13.1. The fourth-order valence-electron chi connectivity index (χ4n) is 12.0. The molecule has 0 fully saturated rings. The summed E-state index contributed by atoms with van der Waals surface area (Å²) in [4.78, 5) is 72.9. The van der Waals surface area contributed by atoms with Crippen molar-refractivity contribution in [1.29, 1.82) is 0 Å². The molecule has 0 aliphatic rings. The molecular weight excluding hydrogens is 1280 g/mol. The summed E-state index contributed by atoms with van der Waals surface area (Å²) in [6.07, 6.45) is 54.1. The van der Waals surface area contributed by atoms with Gasteiger partial charge in [0.1, 0.15) is 19.3 Å². The SMILES string of the molecule is CCC(C)CCCCCCCCCCCCC(=O)OC[C@H](COP(=O)(O)OCC(O)COP(=O)(O)OC[C@@H](COC(=O)CCCCCCCCCC(C)C)OC(=O)CCCCCCCCCCCCCCCCCCC(C)C)OC(=O)CCCCCCCCCCCCCCC(C)C. The van der Waals surface area contributed by atoms with Gasteiger partial charge in [-0.25, -0.2) is 9.13 Å². The maximum atomic E-state index is 13.1. The van der Waals surface area contributed by atoms with Gasteiger partial charge in [0.05, 0.1) is 26.4 Å². The minimum atomic E-state index is -4.96. The summed E-state index contributed by atoms with van der Waals surface area (Å²) in [7, 11) is -9.92. The molecule has 0 aromatic carbocycles. The van der Waals surface area contributed by atoms with Crippen molar-refractivity contribution >= 4 is 39.5 Å². The molecule has 582 valence electrons. The van der Waals surface area contributed by atoms with E-state index in [1.165, 1.54) is 199 Å².